The maximum Gasteiger partial charge on any atom is 0.0599 e. The van der Waals surface area contributed by atoms with Crippen molar-refractivity contribution in [2.75, 3.05) is 26.2 Å². The van der Waals surface area contributed by atoms with Crippen molar-refractivity contribution in [1.29, 1.82) is 0 Å². The average Bonchev–Trinajstić information content (AvgIpc) is 2.45. The third-order valence-corrected chi connectivity index (χ3v) is 4.11. The molecule has 2 rings (SSSR count). The fraction of sp³-hybridized carbons (Fsp3) is 0.625. The molecule has 3 heteroatoms. The molecule has 0 saturated carbocycles. The van der Waals surface area contributed by atoms with Gasteiger partial charge in [-0.1, -0.05) is 44.2 Å². The van der Waals surface area contributed by atoms with Crippen LogP contribution < -0.4 is 5.32 Å². The first-order valence-electron chi connectivity index (χ1n) is 7.33. The zero-order chi connectivity index (χ0) is 13.7. The fourth-order valence-electron chi connectivity index (χ4n) is 2.70. The molecule has 0 bridgehead atoms. The van der Waals surface area contributed by atoms with Gasteiger partial charge in [0.1, 0.15) is 0 Å². The van der Waals surface area contributed by atoms with E-state index in [0.717, 1.165) is 26.1 Å². The summed E-state index contributed by atoms with van der Waals surface area (Å²) in [5.41, 5.74) is 1.37. The summed E-state index contributed by atoms with van der Waals surface area (Å²) in [6, 6.07) is 11.4. The second-order valence-electron chi connectivity index (χ2n) is 5.83. The summed E-state index contributed by atoms with van der Waals surface area (Å²) < 4.78 is 0. The van der Waals surface area contributed by atoms with Crippen molar-refractivity contribution in [3.05, 3.63) is 35.9 Å². The molecular weight excluding hydrogens is 236 g/mol. The number of nitrogens with zero attached hydrogens (tertiary/aromatic N) is 1. The first-order chi connectivity index (χ1) is 9.20. The van der Waals surface area contributed by atoms with Gasteiger partial charge in [-0.15, -0.1) is 0 Å². The number of aliphatic hydroxyl groups excluding tert-OH is 1. The third kappa shape index (κ3) is 4.03. The number of nitrogens with one attached hydrogen (secondary N) is 1. The van der Waals surface area contributed by atoms with E-state index in [-0.39, 0.29) is 12.6 Å². The molecule has 0 aromatic heterocycles. The number of hydrogen-bond acceptors (Lipinski definition) is 3. The fourth-order valence-corrected chi connectivity index (χ4v) is 2.70. The Kier molecular flexibility index (Phi) is 5.37. The van der Waals surface area contributed by atoms with E-state index >= 15 is 0 Å². The van der Waals surface area contributed by atoms with Gasteiger partial charge in [0.05, 0.1) is 6.61 Å². The maximum atomic E-state index is 9.50. The lowest BCUT2D eigenvalue weighted by Crippen LogP contribution is -2.59. The zero-order valence-electron chi connectivity index (χ0n) is 12.0. The second-order valence-corrected chi connectivity index (χ2v) is 5.83. The van der Waals surface area contributed by atoms with Crippen LogP contribution in [0.2, 0.25) is 0 Å². The van der Waals surface area contributed by atoms with Crippen LogP contribution in [0.5, 0.6) is 0 Å². The lowest BCUT2D eigenvalue weighted by Gasteiger charge is -2.41. The summed E-state index contributed by atoms with van der Waals surface area (Å²) in [5, 5.41) is 13.0. The van der Waals surface area contributed by atoms with Crippen LogP contribution in [-0.4, -0.2) is 48.3 Å². The standard InChI is InChI=1S/C16H26N2O/c1-13(2)16-11-18(15(12-19)10-17-16)9-8-14-6-4-3-5-7-14/h3-7,13,15-17,19H,8-12H2,1-2H3. The number of piperazine rings is 1. The molecule has 3 nitrogen and oxygen atoms in total. The summed E-state index contributed by atoms with van der Waals surface area (Å²) in [5.74, 6) is 0.638. The van der Waals surface area contributed by atoms with E-state index < -0.39 is 0 Å². The summed E-state index contributed by atoms with van der Waals surface area (Å²) in [6.07, 6.45) is 1.06. The minimum Gasteiger partial charge on any atom is -0.395 e. The Balaban J connectivity index is 1.91. The molecule has 1 aromatic rings. The molecule has 106 valence electrons. The van der Waals surface area contributed by atoms with E-state index in [1.807, 2.05) is 0 Å². The normalized spacial score (nSPS) is 24.8. The highest BCUT2D eigenvalue weighted by Gasteiger charge is 2.28. The second kappa shape index (κ2) is 7.04. The Hall–Kier alpha value is -0.900. The summed E-state index contributed by atoms with van der Waals surface area (Å²) in [4.78, 5) is 2.44. The van der Waals surface area contributed by atoms with Gasteiger partial charge in [0.2, 0.25) is 0 Å². The predicted octanol–water partition coefficient (Wildman–Crippen LogP) is 1.52. The van der Waals surface area contributed by atoms with E-state index in [2.05, 4.69) is 54.4 Å². The van der Waals surface area contributed by atoms with E-state index in [1.165, 1.54) is 5.56 Å². The zero-order valence-corrected chi connectivity index (χ0v) is 12.0. The van der Waals surface area contributed by atoms with Gasteiger partial charge in [-0.2, -0.15) is 0 Å². The number of hydrogen-bond donors (Lipinski definition) is 2. The number of aliphatic hydroxyl groups is 1. The van der Waals surface area contributed by atoms with Crippen molar-refractivity contribution in [2.45, 2.75) is 32.4 Å². The lowest BCUT2D eigenvalue weighted by molar-refractivity contribution is 0.0713. The average molecular weight is 262 g/mol. The van der Waals surface area contributed by atoms with Gasteiger partial charge >= 0.3 is 0 Å². The predicted molar refractivity (Wildman–Crippen MR) is 79.2 cm³/mol. The quantitative estimate of drug-likeness (QED) is 0.844. The molecule has 1 fully saturated rings. The van der Waals surface area contributed by atoms with Gasteiger partial charge in [0.25, 0.3) is 0 Å². The van der Waals surface area contributed by atoms with Crippen LogP contribution in [0.3, 0.4) is 0 Å². The van der Waals surface area contributed by atoms with E-state index in [9.17, 15) is 5.11 Å². The molecule has 1 saturated heterocycles. The molecule has 1 aliphatic heterocycles. The molecule has 0 spiro atoms. The lowest BCUT2D eigenvalue weighted by atomic mass is 9.99. The van der Waals surface area contributed by atoms with Crippen LogP contribution in [0.4, 0.5) is 0 Å². The molecule has 1 aliphatic rings. The highest BCUT2D eigenvalue weighted by molar-refractivity contribution is 5.15. The molecule has 2 unspecified atom stereocenters. The van der Waals surface area contributed by atoms with E-state index in [0.29, 0.717) is 12.0 Å². The molecule has 2 atom stereocenters. The molecular formula is C16H26N2O. The van der Waals surface area contributed by atoms with Crippen LogP contribution in [0.1, 0.15) is 19.4 Å². The topological polar surface area (TPSA) is 35.5 Å². The highest BCUT2D eigenvalue weighted by Crippen LogP contribution is 2.13. The minimum absolute atomic E-state index is 0.243. The number of rotatable bonds is 5. The van der Waals surface area contributed by atoms with Crippen molar-refractivity contribution >= 4 is 0 Å². The minimum atomic E-state index is 0.243. The Morgan fingerprint density at radius 1 is 1.32 bits per heavy atom. The van der Waals surface area contributed by atoms with Crippen molar-refractivity contribution in [3.63, 3.8) is 0 Å². The van der Waals surface area contributed by atoms with Crippen LogP contribution in [0, 0.1) is 5.92 Å². The Morgan fingerprint density at radius 2 is 2.05 bits per heavy atom. The van der Waals surface area contributed by atoms with Crippen LogP contribution in [-0.2, 0) is 6.42 Å². The van der Waals surface area contributed by atoms with E-state index in [4.69, 9.17) is 0 Å². The molecule has 2 N–H and O–H groups in total. The van der Waals surface area contributed by atoms with Crippen LogP contribution >= 0.6 is 0 Å². The molecule has 1 heterocycles. The van der Waals surface area contributed by atoms with Gasteiger partial charge in [0, 0.05) is 31.7 Å². The smallest absolute Gasteiger partial charge is 0.0599 e. The molecule has 19 heavy (non-hydrogen) atoms. The van der Waals surface area contributed by atoms with Crippen molar-refractivity contribution < 1.29 is 5.11 Å². The van der Waals surface area contributed by atoms with Crippen LogP contribution in [0.15, 0.2) is 30.3 Å². The largest absolute Gasteiger partial charge is 0.395 e. The van der Waals surface area contributed by atoms with Crippen LogP contribution in [0.25, 0.3) is 0 Å². The third-order valence-electron chi connectivity index (χ3n) is 4.11. The molecule has 0 radical (unpaired) electrons. The van der Waals surface area contributed by atoms with Gasteiger partial charge < -0.3 is 10.4 Å². The van der Waals surface area contributed by atoms with Crippen molar-refractivity contribution in [1.82, 2.24) is 10.2 Å². The Labute approximate surface area is 116 Å². The maximum absolute atomic E-state index is 9.50. The van der Waals surface area contributed by atoms with Gasteiger partial charge in [0.15, 0.2) is 0 Å². The number of benzene rings is 1. The van der Waals surface area contributed by atoms with Crippen molar-refractivity contribution in [3.8, 4) is 0 Å². The highest BCUT2D eigenvalue weighted by atomic mass is 16.3. The van der Waals surface area contributed by atoms with Gasteiger partial charge in [-0.3, -0.25) is 4.90 Å². The Morgan fingerprint density at radius 3 is 2.68 bits per heavy atom. The monoisotopic (exact) mass is 262 g/mol. The molecule has 1 aromatic carbocycles. The summed E-state index contributed by atoms with van der Waals surface area (Å²) in [6.45, 7) is 7.72. The first-order valence-corrected chi connectivity index (χ1v) is 7.33. The summed E-state index contributed by atoms with van der Waals surface area (Å²) in [7, 11) is 0. The van der Waals surface area contributed by atoms with Crippen molar-refractivity contribution in [2.24, 2.45) is 5.92 Å². The van der Waals surface area contributed by atoms with E-state index in [1.54, 1.807) is 0 Å². The summed E-state index contributed by atoms with van der Waals surface area (Å²) >= 11 is 0. The molecule has 0 aliphatic carbocycles. The van der Waals surface area contributed by atoms with Gasteiger partial charge in [-0.05, 0) is 17.9 Å². The Bertz CT molecular complexity index is 366. The molecule has 0 amide bonds. The van der Waals surface area contributed by atoms with Gasteiger partial charge in [-0.25, -0.2) is 0 Å². The SMILES string of the molecule is CC(C)C1CN(CCc2ccccc2)C(CO)CN1. The first kappa shape index (κ1) is 14.5.